The highest BCUT2D eigenvalue weighted by Gasteiger charge is 2.31. The number of aryl methyl sites for hydroxylation is 1. The van der Waals surface area contributed by atoms with Crippen molar-refractivity contribution >= 4 is 17.1 Å². The van der Waals surface area contributed by atoms with Crippen molar-refractivity contribution in [3.63, 3.8) is 0 Å². The molecular formula is C25H33FN4O3. The maximum Gasteiger partial charge on any atom is 0.408 e. The first-order valence-electron chi connectivity index (χ1n) is 11.1. The van der Waals surface area contributed by atoms with Gasteiger partial charge in [0.05, 0.1) is 11.7 Å². The number of ether oxygens (including phenoxy) is 2. The van der Waals surface area contributed by atoms with Crippen molar-refractivity contribution in [1.29, 1.82) is 0 Å². The van der Waals surface area contributed by atoms with Gasteiger partial charge in [-0.3, -0.25) is 4.68 Å². The molecule has 0 aliphatic carbocycles. The Morgan fingerprint density at radius 2 is 1.94 bits per heavy atom. The highest BCUT2D eigenvalue weighted by atomic mass is 19.1. The van der Waals surface area contributed by atoms with Crippen LogP contribution in [0.5, 0.6) is 5.75 Å². The summed E-state index contributed by atoms with van der Waals surface area (Å²) in [6.45, 7) is 11.5. The highest BCUT2D eigenvalue weighted by Crippen LogP contribution is 2.31. The normalized spacial score (nSPS) is 13.7. The molecule has 2 aromatic heterocycles. The number of alkyl carbamates (subject to hydrolysis) is 1. The van der Waals surface area contributed by atoms with Crippen LogP contribution in [0.15, 0.2) is 36.7 Å². The Kier molecular flexibility index (Phi) is 6.95. The Balaban J connectivity index is 1.78. The van der Waals surface area contributed by atoms with E-state index in [1.165, 1.54) is 6.07 Å². The predicted octanol–water partition coefficient (Wildman–Crippen LogP) is 5.48. The molecule has 0 saturated heterocycles. The predicted molar refractivity (Wildman–Crippen MR) is 127 cm³/mol. The van der Waals surface area contributed by atoms with Gasteiger partial charge in [0.25, 0.3) is 0 Å². The molecule has 7 nitrogen and oxygen atoms in total. The van der Waals surface area contributed by atoms with Crippen molar-refractivity contribution in [2.75, 3.05) is 6.61 Å². The third-order valence-corrected chi connectivity index (χ3v) is 5.09. The largest absolute Gasteiger partial charge is 0.488 e. The number of hydrogen-bond acceptors (Lipinski definition) is 5. The fourth-order valence-corrected chi connectivity index (χ4v) is 3.92. The number of fused-ring (bicyclic) bond motifs is 1. The van der Waals surface area contributed by atoms with E-state index in [9.17, 15) is 9.18 Å². The molecule has 178 valence electrons. The summed E-state index contributed by atoms with van der Waals surface area (Å²) >= 11 is 0. The second-order valence-electron chi connectivity index (χ2n) is 10.1. The number of aromatic nitrogens is 3. The zero-order chi connectivity index (χ0) is 24.4. The first kappa shape index (κ1) is 24.5. The molecule has 1 aromatic carbocycles. The van der Waals surface area contributed by atoms with Gasteiger partial charge in [0, 0.05) is 18.6 Å². The number of nitrogens with one attached hydrogen (secondary N) is 1. The van der Waals surface area contributed by atoms with Crippen molar-refractivity contribution in [1.82, 2.24) is 20.1 Å². The van der Waals surface area contributed by atoms with E-state index >= 15 is 0 Å². The number of hydrogen-bond donors (Lipinski definition) is 1. The number of nitrogens with zero attached hydrogens (tertiary/aromatic N) is 3. The van der Waals surface area contributed by atoms with E-state index in [1.54, 1.807) is 29.2 Å². The molecule has 3 aromatic rings. The summed E-state index contributed by atoms with van der Waals surface area (Å²) < 4.78 is 27.9. The molecule has 0 radical (unpaired) electrons. The minimum Gasteiger partial charge on any atom is -0.488 e. The number of carbonyl (C=O) groups is 1. The van der Waals surface area contributed by atoms with Crippen molar-refractivity contribution in [3.8, 4) is 16.9 Å². The lowest BCUT2D eigenvalue weighted by Gasteiger charge is -2.33. The molecule has 33 heavy (non-hydrogen) atoms. The quantitative estimate of drug-likeness (QED) is 0.509. The number of carbonyl (C=O) groups excluding carboxylic acids is 1. The van der Waals surface area contributed by atoms with E-state index in [0.717, 1.165) is 16.6 Å². The molecular weight excluding hydrogens is 423 g/mol. The molecule has 0 bridgehead atoms. The third kappa shape index (κ3) is 6.21. The summed E-state index contributed by atoms with van der Waals surface area (Å²) in [5.41, 5.74) is 0.935. The molecule has 1 atom stereocenters. The van der Waals surface area contributed by atoms with E-state index in [2.05, 4.69) is 29.2 Å². The van der Waals surface area contributed by atoms with Crippen LogP contribution in [0, 0.1) is 11.7 Å². The molecule has 0 spiro atoms. The van der Waals surface area contributed by atoms with Crippen LogP contribution in [0.3, 0.4) is 0 Å². The lowest BCUT2D eigenvalue weighted by molar-refractivity contribution is 0.0406. The van der Waals surface area contributed by atoms with Gasteiger partial charge in [-0.25, -0.2) is 14.2 Å². The highest BCUT2D eigenvalue weighted by molar-refractivity contribution is 5.92. The van der Waals surface area contributed by atoms with Crippen LogP contribution in [-0.2, 0) is 11.8 Å². The summed E-state index contributed by atoms with van der Waals surface area (Å²) in [5.74, 6) is -0.0731. The topological polar surface area (TPSA) is 78.3 Å². The van der Waals surface area contributed by atoms with Gasteiger partial charge in [0.1, 0.15) is 12.2 Å². The maximum atomic E-state index is 15.0. The Morgan fingerprint density at radius 1 is 1.21 bits per heavy atom. The molecule has 0 saturated carbocycles. The average molecular weight is 457 g/mol. The van der Waals surface area contributed by atoms with Gasteiger partial charge in [0.2, 0.25) is 0 Å². The lowest BCUT2D eigenvalue weighted by Crippen LogP contribution is -2.52. The third-order valence-electron chi connectivity index (χ3n) is 5.09. The lowest BCUT2D eigenvalue weighted by atomic mass is 9.91. The van der Waals surface area contributed by atoms with Crippen LogP contribution >= 0.6 is 0 Å². The van der Waals surface area contributed by atoms with Crippen LogP contribution in [0.2, 0.25) is 0 Å². The van der Waals surface area contributed by atoms with E-state index in [0.29, 0.717) is 12.0 Å². The molecule has 0 aliphatic rings. The maximum absolute atomic E-state index is 15.0. The van der Waals surface area contributed by atoms with E-state index in [4.69, 9.17) is 9.47 Å². The van der Waals surface area contributed by atoms with Crippen LogP contribution in [0.4, 0.5) is 9.18 Å². The van der Waals surface area contributed by atoms with Crippen molar-refractivity contribution in [3.05, 3.63) is 42.5 Å². The molecule has 0 aliphatic heterocycles. The molecule has 3 rings (SSSR count). The van der Waals surface area contributed by atoms with Gasteiger partial charge in [-0.15, -0.1) is 0 Å². The molecule has 8 heteroatoms. The van der Waals surface area contributed by atoms with Crippen molar-refractivity contribution in [2.45, 2.75) is 59.1 Å². The summed E-state index contributed by atoms with van der Waals surface area (Å²) in [6.07, 6.45) is 3.52. The number of rotatable bonds is 7. The zero-order valence-corrected chi connectivity index (χ0v) is 20.4. The smallest absolute Gasteiger partial charge is 0.408 e. The first-order valence-corrected chi connectivity index (χ1v) is 11.1. The Labute approximate surface area is 194 Å². The summed E-state index contributed by atoms with van der Waals surface area (Å²) in [4.78, 5) is 16.7. The average Bonchev–Trinajstić information content (AvgIpc) is 3.06. The Bertz CT molecular complexity index is 1140. The van der Waals surface area contributed by atoms with Gasteiger partial charge in [-0.1, -0.05) is 19.9 Å². The van der Waals surface area contributed by atoms with Gasteiger partial charge in [0.15, 0.2) is 17.2 Å². The second-order valence-corrected chi connectivity index (χ2v) is 10.1. The zero-order valence-electron chi connectivity index (χ0n) is 20.4. The molecule has 0 unspecified atom stereocenters. The monoisotopic (exact) mass is 456 g/mol. The number of amides is 1. The van der Waals surface area contributed by atoms with Gasteiger partial charge >= 0.3 is 6.09 Å². The fourth-order valence-electron chi connectivity index (χ4n) is 3.92. The Morgan fingerprint density at radius 3 is 2.58 bits per heavy atom. The SMILES string of the molecule is CC(C)C[C@](C)(COc1ccc(-c2ccnc3c2cnn3C)cc1F)NC(=O)OC(C)(C)C. The van der Waals surface area contributed by atoms with Crippen LogP contribution in [-0.4, -0.2) is 38.6 Å². The fraction of sp³-hybridized carbons (Fsp3) is 0.480. The molecule has 2 heterocycles. The number of pyridine rings is 1. The van der Waals surface area contributed by atoms with Crippen LogP contribution in [0.1, 0.15) is 48.0 Å². The van der Waals surface area contributed by atoms with Crippen molar-refractivity contribution < 1.29 is 18.7 Å². The Hall–Kier alpha value is -3.16. The summed E-state index contributed by atoms with van der Waals surface area (Å²) in [5, 5.41) is 7.99. The van der Waals surface area contributed by atoms with Gasteiger partial charge < -0.3 is 14.8 Å². The standard InChI is InChI=1S/C25H33FN4O3/c1-16(2)13-25(6,29-23(31)33-24(3,4)5)15-32-21-9-8-17(12-20(21)26)18-10-11-27-22-19(18)14-28-30(22)7/h8-12,14,16H,13,15H2,1-7H3,(H,29,31)/t25-/m1/s1. The first-order chi connectivity index (χ1) is 15.4. The van der Waals surface area contributed by atoms with Crippen LogP contribution < -0.4 is 10.1 Å². The molecule has 1 N–H and O–H groups in total. The minimum absolute atomic E-state index is 0.1000. The van der Waals surface area contributed by atoms with Gasteiger partial charge in [-0.05, 0) is 69.4 Å². The van der Waals surface area contributed by atoms with Crippen molar-refractivity contribution in [2.24, 2.45) is 13.0 Å². The summed E-state index contributed by atoms with van der Waals surface area (Å²) in [6, 6.07) is 6.69. The number of halogens is 1. The summed E-state index contributed by atoms with van der Waals surface area (Å²) in [7, 11) is 1.82. The second kappa shape index (κ2) is 9.37. The molecule has 1 amide bonds. The van der Waals surface area contributed by atoms with Crippen LogP contribution in [0.25, 0.3) is 22.2 Å². The van der Waals surface area contributed by atoms with E-state index in [-0.39, 0.29) is 18.3 Å². The number of benzene rings is 1. The van der Waals surface area contributed by atoms with Gasteiger partial charge in [-0.2, -0.15) is 5.10 Å². The minimum atomic E-state index is -0.728. The van der Waals surface area contributed by atoms with E-state index in [1.807, 2.05) is 40.8 Å². The molecule has 0 fully saturated rings. The van der Waals surface area contributed by atoms with E-state index < -0.39 is 23.1 Å².